The van der Waals surface area contributed by atoms with Crippen LogP contribution in [0.25, 0.3) is 0 Å². The summed E-state index contributed by atoms with van der Waals surface area (Å²) in [7, 11) is 0. The molecule has 1 unspecified atom stereocenters. The van der Waals surface area contributed by atoms with E-state index in [9.17, 15) is 9.90 Å². The van der Waals surface area contributed by atoms with Crippen molar-refractivity contribution in [2.24, 2.45) is 0 Å². The summed E-state index contributed by atoms with van der Waals surface area (Å²) in [6.07, 6.45) is 5.50. The predicted molar refractivity (Wildman–Crippen MR) is 82.7 cm³/mol. The zero-order valence-electron chi connectivity index (χ0n) is 11.7. The number of nitrogen functional groups attached to an aromatic ring is 1. The zero-order valence-corrected chi connectivity index (χ0v) is 12.5. The van der Waals surface area contributed by atoms with E-state index in [1.807, 2.05) is 0 Å². The van der Waals surface area contributed by atoms with Gasteiger partial charge in [-0.3, -0.25) is 0 Å². The van der Waals surface area contributed by atoms with Gasteiger partial charge in [0.2, 0.25) is 0 Å². The van der Waals surface area contributed by atoms with Crippen LogP contribution in [0.4, 0.5) is 11.4 Å². The summed E-state index contributed by atoms with van der Waals surface area (Å²) in [4.78, 5) is 13.7. The third kappa shape index (κ3) is 3.01. The number of carbonyl (C=O) groups is 1. The van der Waals surface area contributed by atoms with Gasteiger partial charge >= 0.3 is 5.97 Å². The summed E-state index contributed by atoms with van der Waals surface area (Å²) in [6, 6.07) is 3.49. The number of hydrogen-bond donors (Lipinski definition) is 2. The molecule has 0 aliphatic carbocycles. The molecule has 1 aliphatic heterocycles. The van der Waals surface area contributed by atoms with Crippen LogP contribution in [0.2, 0.25) is 5.02 Å². The minimum absolute atomic E-state index is 0.204. The summed E-state index contributed by atoms with van der Waals surface area (Å²) in [5.41, 5.74) is 6.95. The van der Waals surface area contributed by atoms with Crippen LogP contribution in [0.15, 0.2) is 12.1 Å². The van der Waals surface area contributed by atoms with Gasteiger partial charge in [-0.05, 0) is 31.4 Å². The van der Waals surface area contributed by atoms with E-state index in [2.05, 4.69) is 11.8 Å². The number of halogens is 1. The molecule has 0 aromatic heterocycles. The monoisotopic (exact) mass is 296 g/mol. The summed E-state index contributed by atoms with van der Waals surface area (Å²) >= 11 is 6.30. The third-order valence-electron chi connectivity index (χ3n) is 3.95. The molecular formula is C15H21ClN2O2. The van der Waals surface area contributed by atoms with Crippen molar-refractivity contribution < 1.29 is 9.90 Å². The molecule has 0 amide bonds. The van der Waals surface area contributed by atoms with Crippen molar-refractivity contribution in [2.45, 2.75) is 45.1 Å². The molecule has 1 atom stereocenters. The van der Waals surface area contributed by atoms with Crippen molar-refractivity contribution in [3.63, 3.8) is 0 Å². The van der Waals surface area contributed by atoms with Crippen LogP contribution in [-0.2, 0) is 0 Å². The zero-order chi connectivity index (χ0) is 14.7. The number of carboxylic acid groups (broad SMARTS) is 1. The maximum absolute atomic E-state index is 11.5. The van der Waals surface area contributed by atoms with E-state index in [-0.39, 0.29) is 5.56 Å². The first-order valence-corrected chi connectivity index (χ1v) is 7.51. The Hall–Kier alpha value is -1.42. The molecule has 110 valence electrons. The van der Waals surface area contributed by atoms with Gasteiger partial charge in [-0.1, -0.05) is 31.4 Å². The van der Waals surface area contributed by atoms with Crippen LogP contribution in [0, 0.1) is 0 Å². The lowest BCUT2D eigenvalue weighted by Crippen LogP contribution is -2.35. The molecule has 2 rings (SSSR count). The van der Waals surface area contributed by atoms with Gasteiger partial charge in [-0.15, -0.1) is 0 Å². The number of rotatable bonds is 3. The second kappa shape index (κ2) is 6.35. The van der Waals surface area contributed by atoms with Crippen LogP contribution in [0.5, 0.6) is 0 Å². The van der Waals surface area contributed by atoms with Gasteiger partial charge in [0.25, 0.3) is 0 Å². The fourth-order valence-corrected chi connectivity index (χ4v) is 3.31. The van der Waals surface area contributed by atoms with Gasteiger partial charge in [0.1, 0.15) is 0 Å². The average molecular weight is 297 g/mol. The second-order valence-electron chi connectivity index (χ2n) is 5.31. The Morgan fingerprint density at radius 3 is 2.85 bits per heavy atom. The summed E-state index contributed by atoms with van der Waals surface area (Å²) in [5, 5.41) is 9.87. The Morgan fingerprint density at radius 2 is 2.20 bits per heavy atom. The van der Waals surface area contributed by atoms with Crippen LogP contribution in [0.3, 0.4) is 0 Å². The molecule has 3 N–H and O–H groups in total. The molecule has 1 aliphatic rings. The maximum Gasteiger partial charge on any atom is 0.337 e. The Kier molecular flexibility index (Phi) is 4.76. The first kappa shape index (κ1) is 15.0. The first-order chi connectivity index (χ1) is 9.54. The van der Waals surface area contributed by atoms with E-state index in [1.165, 1.54) is 18.9 Å². The highest BCUT2D eigenvalue weighted by molar-refractivity contribution is 6.34. The molecular weight excluding hydrogens is 276 g/mol. The first-order valence-electron chi connectivity index (χ1n) is 7.13. The van der Waals surface area contributed by atoms with Crippen molar-refractivity contribution in [3.8, 4) is 0 Å². The minimum Gasteiger partial charge on any atom is -0.478 e. The predicted octanol–water partition coefficient (Wildman–Crippen LogP) is 3.78. The van der Waals surface area contributed by atoms with Gasteiger partial charge in [0.15, 0.2) is 0 Å². The number of carboxylic acids is 1. The number of nitrogens with two attached hydrogens (primary N) is 1. The highest BCUT2D eigenvalue weighted by atomic mass is 35.5. The van der Waals surface area contributed by atoms with Gasteiger partial charge in [-0.2, -0.15) is 0 Å². The Labute approximate surface area is 124 Å². The molecule has 4 nitrogen and oxygen atoms in total. The summed E-state index contributed by atoms with van der Waals surface area (Å²) < 4.78 is 0. The van der Waals surface area contributed by atoms with Crippen molar-refractivity contribution in [1.82, 2.24) is 0 Å². The van der Waals surface area contributed by atoms with Gasteiger partial charge in [0.05, 0.1) is 16.3 Å². The number of anilines is 2. The molecule has 0 saturated carbocycles. The Bertz CT molecular complexity index is 505. The van der Waals surface area contributed by atoms with E-state index in [4.69, 9.17) is 17.3 Å². The third-order valence-corrected chi connectivity index (χ3v) is 4.24. The molecule has 5 heteroatoms. The number of hydrogen-bond acceptors (Lipinski definition) is 3. The van der Waals surface area contributed by atoms with E-state index < -0.39 is 5.97 Å². The van der Waals surface area contributed by atoms with Crippen molar-refractivity contribution in [1.29, 1.82) is 0 Å². The molecule has 1 saturated heterocycles. The maximum atomic E-state index is 11.5. The van der Waals surface area contributed by atoms with E-state index >= 15 is 0 Å². The lowest BCUT2D eigenvalue weighted by atomic mass is 10.0. The standard InChI is InChI=1S/C15H21ClN2O2/c1-2-11-6-4-3-5-7-18(11)14-12(15(19)20)8-10(17)9-13(14)16/h8-9,11H,2-7,17H2,1H3,(H,19,20). The number of nitrogens with zero attached hydrogens (tertiary/aromatic N) is 1. The normalized spacial score (nSPS) is 19.7. The molecule has 1 fully saturated rings. The van der Waals surface area contributed by atoms with Gasteiger partial charge in [0, 0.05) is 18.3 Å². The number of benzene rings is 1. The lowest BCUT2D eigenvalue weighted by molar-refractivity contribution is 0.0697. The fraction of sp³-hybridized carbons (Fsp3) is 0.533. The molecule has 1 aromatic rings. The molecule has 0 spiro atoms. The SMILES string of the molecule is CCC1CCCCCN1c1c(Cl)cc(N)cc1C(=O)O. The van der Waals surface area contributed by atoms with Gasteiger partial charge in [-0.25, -0.2) is 4.79 Å². The molecule has 0 bridgehead atoms. The van der Waals surface area contributed by atoms with Gasteiger partial charge < -0.3 is 15.7 Å². The van der Waals surface area contributed by atoms with Crippen molar-refractivity contribution in [2.75, 3.05) is 17.2 Å². The fourth-order valence-electron chi connectivity index (χ4n) is 2.97. The smallest absolute Gasteiger partial charge is 0.337 e. The Morgan fingerprint density at radius 1 is 1.45 bits per heavy atom. The van der Waals surface area contributed by atoms with Crippen molar-refractivity contribution in [3.05, 3.63) is 22.7 Å². The van der Waals surface area contributed by atoms with Crippen LogP contribution >= 0.6 is 11.6 Å². The van der Waals surface area contributed by atoms with Crippen LogP contribution in [-0.4, -0.2) is 23.7 Å². The van der Waals surface area contributed by atoms with E-state index in [1.54, 1.807) is 6.07 Å². The van der Waals surface area contributed by atoms with E-state index in [0.717, 1.165) is 25.8 Å². The highest BCUT2D eigenvalue weighted by Crippen LogP contribution is 2.36. The molecule has 1 heterocycles. The summed E-state index contributed by atoms with van der Waals surface area (Å²) in [6.45, 7) is 2.98. The average Bonchev–Trinajstić information content (AvgIpc) is 2.62. The highest BCUT2D eigenvalue weighted by Gasteiger charge is 2.26. The van der Waals surface area contributed by atoms with Crippen LogP contribution < -0.4 is 10.6 Å². The molecule has 0 radical (unpaired) electrons. The van der Waals surface area contributed by atoms with Crippen LogP contribution in [0.1, 0.15) is 49.4 Å². The van der Waals surface area contributed by atoms with E-state index in [0.29, 0.717) is 22.4 Å². The molecule has 1 aromatic carbocycles. The Balaban J connectivity index is 2.51. The quantitative estimate of drug-likeness (QED) is 0.833. The summed E-state index contributed by atoms with van der Waals surface area (Å²) in [5.74, 6) is -0.978. The second-order valence-corrected chi connectivity index (χ2v) is 5.72. The largest absolute Gasteiger partial charge is 0.478 e. The number of aromatic carboxylic acids is 1. The van der Waals surface area contributed by atoms with Crippen molar-refractivity contribution >= 4 is 28.9 Å². The molecule has 20 heavy (non-hydrogen) atoms. The minimum atomic E-state index is -0.978. The topological polar surface area (TPSA) is 66.6 Å². The lowest BCUT2D eigenvalue weighted by Gasteiger charge is -2.33.